The lowest BCUT2D eigenvalue weighted by atomic mass is 9.95. The molecule has 0 aliphatic heterocycles. The van der Waals surface area contributed by atoms with Crippen LogP contribution in [-0.4, -0.2) is 32.2 Å². The van der Waals surface area contributed by atoms with Gasteiger partial charge in [0.25, 0.3) is 0 Å². The number of benzene rings is 2. The summed E-state index contributed by atoms with van der Waals surface area (Å²) >= 11 is 1.23. The monoisotopic (exact) mass is 452 g/mol. The maximum Gasteiger partial charge on any atom is 0.229 e. The predicted molar refractivity (Wildman–Crippen MR) is 125 cm³/mol. The SMILES string of the molecule is C=CCn1c(SCC(=O)c2ccc(NC(=O)C(C)(C)C)cc2)nnc1-c1ccccc1F. The van der Waals surface area contributed by atoms with E-state index in [1.807, 2.05) is 20.8 Å². The molecule has 0 spiro atoms. The van der Waals surface area contributed by atoms with Crippen LogP contribution in [0.5, 0.6) is 0 Å². The van der Waals surface area contributed by atoms with Crippen molar-refractivity contribution in [3.63, 3.8) is 0 Å². The molecule has 0 fully saturated rings. The standard InChI is InChI=1S/C24H25FN4O2S/c1-5-14-29-21(18-8-6-7-9-19(18)25)27-28-23(29)32-15-20(30)16-10-12-17(13-11-16)26-22(31)24(2,3)4/h5-13H,1,14-15H2,2-4H3,(H,26,31). The maximum absolute atomic E-state index is 14.2. The summed E-state index contributed by atoms with van der Waals surface area (Å²) in [5, 5.41) is 11.6. The Hall–Kier alpha value is -3.26. The fraction of sp³-hybridized carbons (Fsp3) is 0.250. The molecule has 0 aliphatic rings. The number of nitrogens with one attached hydrogen (secondary N) is 1. The zero-order valence-corrected chi connectivity index (χ0v) is 19.1. The molecule has 1 aromatic heterocycles. The van der Waals surface area contributed by atoms with Crippen molar-refractivity contribution in [2.75, 3.05) is 11.1 Å². The van der Waals surface area contributed by atoms with Crippen LogP contribution < -0.4 is 5.32 Å². The number of carbonyl (C=O) groups excluding carboxylic acids is 2. The topological polar surface area (TPSA) is 76.9 Å². The summed E-state index contributed by atoms with van der Waals surface area (Å²) in [5.41, 5.74) is 0.992. The molecule has 6 nitrogen and oxygen atoms in total. The van der Waals surface area contributed by atoms with Crippen molar-refractivity contribution < 1.29 is 14.0 Å². The second-order valence-corrected chi connectivity index (χ2v) is 9.12. The minimum atomic E-state index is -0.506. The number of allylic oxidation sites excluding steroid dienone is 1. The van der Waals surface area contributed by atoms with E-state index in [1.54, 1.807) is 53.1 Å². The average molecular weight is 453 g/mol. The number of ketones is 1. The fourth-order valence-electron chi connectivity index (χ4n) is 2.80. The number of aromatic nitrogens is 3. The third-order valence-corrected chi connectivity index (χ3v) is 5.59. The van der Waals surface area contributed by atoms with E-state index in [-0.39, 0.29) is 17.4 Å². The lowest BCUT2D eigenvalue weighted by molar-refractivity contribution is -0.123. The Kier molecular flexibility index (Phi) is 7.25. The van der Waals surface area contributed by atoms with Crippen molar-refractivity contribution in [3.05, 3.63) is 72.6 Å². The molecule has 1 heterocycles. The van der Waals surface area contributed by atoms with Gasteiger partial charge in [-0.2, -0.15) is 0 Å². The molecule has 32 heavy (non-hydrogen) atoms. The van der Waals surface area contributed by atoms with Crippen LogP contribution in [0.1, 0.15) is 31.1 Å². The molecule has 0 saturated heterocycles. The summed E-state index contributed by atoms with van der Waals surface area (Å²) < 4.78 is 16.0. The van der Waals surface area contributed by atoms with Gasteiger partial charge >= 0.3 is 0 Å². The molecule has 0 bridgehead atoms. The van der Waals surface area contributed by atoms with Gasteiger partial charge in [0.15, 0.2) is 16.8 Å². The Morgan fingerprint density at radius 1 is 1.12 bits per heavy atom. The molecule has 1 amide bonds. The van der Waals surface area contributed by atoms with Crippen LogP contribution >= 0.6 is 11.8 Å². The van der Waals surface area contributed by atoms with Crippen LogP contribution in [0.2, 0.25) is 0 Å². The highest BCUT2D eigenvalue weighted by Crippen LogP contribution is 2.26. The first kappa shape index (κ1) is 23.4. The molecule has 2 aromatic carbocycles. The number of Topliss-reactive ketones (excluding diaryl/α,β-unsaturated/α-hetero) is 1. The lowest BCUT2D eigenvalue weighted by Gasteiger charge is -2.17. The van der Waals surface area contributed by atoms with E-state index in [1.165, 1.54) is 17.8 Å². The Labute approximate surface area is 190 Å². The van der Waals surface area contributed by atoms with E-state index >= 15 is 0 Å². The van der Waals surface area contributed by atoms with E-state index in [9.17, 15) is 14.0 Å². The quantitative estimate of drug-likeness (QED) is 0.288. The molecule has 0 saturated carbocycles. The van der Waals surface area contributed by atoms with Crippen molar-refractivity contribution >= 4 is 29.1 Å². The summed E-state index contributed by atoms with van der Waals surface area (Å²) in [6.07, 6.45) is 1.67. The zero-order chi connectivity index (χ0) is 23.3. The number of amides is 1. The number of hydrogen-bond acceptors (Lipinski definition) is 5. The zero-order valence-electron chi connectivity index (χ0n) is 18.3. The van der Waals surface area contributed by atoms with Gasteiger partial charge in [-0.1, -0.05) is 50.7 Å². The molecule has 0 radical (unpaired) electrons. The second kappa shape index (κ2) is 9.91. The van der Waals surface area contributed by atoms with E-state index in [4.69, 9.17) is 0 Å². The molecular formula is C24H25FN4O2S. The van der Waals surface area contributed by atoms with Crippen LogP contribution in [0.25, 0.3) is 11.4 Å². The molecule has 3 rings (SSSR count). The Bertz CT molecular complexity index is 1130. The largest absolute Gasteiger partial charge is 0.326 e. The summed E-state index contributed by atoms with van der Waals surface area (Å²) in [6, 6.07) is 13.1. The van der Waals surface area contributed by atoms with Crippen molar-refractivity contribution in [1.82, 2.24) is 14.8 Å². The molecule has 166 valence electrons. The van der Waals surface area contributed by atoms with Crippen molar-refractivity contribution in [1.29, 1.82) is 0 Å². The number of nitrogens with zero attached hydrogens (tertiary/aromatic N) is 3. The number of rotatable bonds is 8. The number of thioether (sulfide) groups is 1. The van der Waals surface area contributed by atoms with Gasteiger partial charge in [-0.05, 0) is 36.4 Å². The highest BCUT2D eigenvalue weighted by Gasteiger charge is 2.21. The van der Waals surface area contributed by atoms with Crippen molar-refractivity contribution in [3.8, 4) is 11.4 Å². The summed E-state index contributed by atoms with van der Waals surface area (Å²) in [6.45, 7) is 9.63. The third kappa shape index (κ3) is 5.50. The Morgan fingerprint density at radius 3 is 2.44 bits per heavy atom. The van der Waals surface area contributed by atoms with Crippen molar-refractivity contribution in [2.45, 2.75) is 32.5 Å². The third-order valence-electron chi connectivity index (χ3n) is 4.62. The Balaban J connectivity index is 1.70. The summed E-state index contributed by atoms with van der Waals surface area (Å²) in [4.78, 5) is 24.8. The number of halogens is 1. The van der Waals surface area contributed by atoms with E-state index in [0.29, 0.717) is 34.3 Å². The van der Waals surface area contributed by atoms with E-state index in [0.717, 1.165) is 0 Å². The van der Waals surface area contributed by atoms with Gasteiger partial charge < -0.3 is 5.32 Å². The first-order chi connectivity index (χ1) is 15.2. The number of carbonyl (C=O) groups is 2. The van der Waals surface area contributed by atoms with Crippen LogP contribution in [0, 0.1) is 11.2 Å². The predicted octanol–water partition coefficient (Wildman–Crippen LogP) is 5.23. The normalized spacial score (nSPS) is 11.2. The van der Waals surface area contributed by atoms with Gasteiger partial charge in [0.2, 0.25) is 5.91 Å². The first-order valence-electron chi connectivity index (χ1n) is 10.1. The van der Waals surface area contributed by atoms with Gasteiger partial charge in [0.05, 0.1) is 11.3 Å². The summed E-state index contributed by atoms with van der Waals surface area (Å²) in [7, 11) is 0. The number of anilines is 1. The van der Waals surface area contributed by atoms with E-state index < -0.39 is 11.2 Å². The van der Waals surface area contributed by atoms with Crippen LogP contribution in [0.15, 0.2) is 66.3 Å². The molecular weight excluding hydrogens is 427 g/mol. The van der Waals surface area contributed by atoms with E-state index in [2.05, 4.69) is 22.1 Å². The average Bonchev–Trinajstić information content (AvgIpc) is 3.15. The smallest absolute Gasteiger partial charge is 0.229 e. The van der Waals surface area contributed by atoms with Crippen LogP contribution in [0.4, 0.5) is 10.1 Å². The fourth-order valence-corrected chi connectivity index (χ4v) is 3.64. The minimum Gasteiger partial charge on any atom is -0.326 e. The molecule has 0 aliphatic carbocycles. The van der Waals surface area contributed by atoms with Gasteiger partial charge in [0, 0.05) is 23.2 Å². The number of hydrogen-bond donors (Lipinski definition) is 1. The molecule has 3 aromatic rings. The highest BCUT2D eigenvalue weighted by molar-refractivity contribution is 7.99. The van der Waals surface area contributed by atoms with Gasteiger partial charge in [-0.25, -0.2) is 4.39 Å². The van der Waals surface area contributed by atoms with Crippen molar-refractivity contribution in [2.24, 2.45) is 5.41 Å². The minimum absolute atomic E-state index is 0.0932. The maximum atomic E-state index is 14.2. The van der Waals surface area contributed by atoms with Gasteiger partial charge in [-0.15, -0.1) is 16.8 Å². The Morgan fingerprint density at radius 2 is 1.81 bits per heavy atom. The van der Waals surface area contributed by atoms with Crippen LogP contribution in [-0.2, 0) is 11.3 Å². The van der Waals surface area contributed by atoms with Gasteiger partial charge in [-0.3, -0.25) is 14.2 Å². The first-order valence-corrected chi connectivity index (χ1v) is 11.1. The molecule has 0 atom stereocenters. The molecule has 8 heteroatoms. The molecule has 0 unspecified atom stereocenters. The lowest BCUT2D eigenvalue weighted by Crippen LogP contribution is -2.27. The second-order valence-electron chi connectivity index (χ2n) is 8.18. The molecule has 1 N–H and O–H groups in total. The summed E-state index contributed by atoms with van der Waals surface area (Å²) in [5.74, 6) is -0.0581. The van der Waals surface area contributed by atoms with Gasteiger partial charge in [0.1, 0.15) is 5.82 Å². The van der Waals surface area contributed by atoms with Crippen LogP contribution in [0.3, 0.4) is 0 Å². The highest BCUT2D eigenvalue weighted by atomic mass is 32.2.